The molecule has 0 unspecified atom stereocenters. The van der Waals surface area contributed by atoms with Gasteiger partial charge in [-0.2, -0.15) is 0 Å². The van der Waals surface area contributed by atoms with E-state index in [-0.39, 0.29) is 23.2 Å². The number of aromatic nitrogens is 3. The third-order valence-electron chi connectivity index (χ3n) is 7.04. The van der Waals surface area contributed by atoms with Crippen molar-refractivity contribution in [1.82, 2.24) is 24.8 Å². The zero-order valence-electron chi connectivity index (χ0n) is 21.4. The molecule has 0 atom stereocenters. The van der Waals surface area contributed by atoms with E-state index in [1.54, 1.807) is 12.3 Å². The lowest BCUT2D eigenvalue weighted by Gasteiger charge is -2.30. The SMILES string of the molecule is CC(C)(C)NC(=O)N1CC=C(c2cc3c(Nc4ccc(=O)n(C5CCCCC5)c4)ccnc3[nH]2)CC1. The van der Waals surface area contributed by atoms with Crippen LogP contribution in [0.5, 0.6) is 0 Å². The first kappa shape index (κ1) is 24.2. The number of nitrogens with zero attached hydrogens (tertiary/aromatic N) is 3. The fourth-order valence-corrected chi connectivity index (χ4v) is 5.18. The van der Waals surface area contributed by atoms with Crippen LogP contribution in [0, 0.1) is 0 Å². The van der Waals surface area contributed by atoms with Crippen LogP contribution in [0.4, 0.5) is 16.2 Å². The molecule has 8 heteroatoms. The lowest BCUT2D eigenvalue weighted by molar-refractivity contribution is 0.193. The smallest absolute Gasteiger partial charge is 0.318 e. The van der Waals surface area contributed by atoms with Crippen LogP contribution in [0.1, 0.15) is 71.0 Å². The molecule has 4 heterocycles. The van der Waals surface area contributed by atoms with Gasteiger partial charge in [0.05, 0.1) is 11.4 Å². The summed E-state index contributed by atoms with van der Waals surface area (Å²) in [6, 6.07) is 7.85. The van der Waals surface area contributed by atoms with E-state index in [1.807, 2.05) is 48.6 Å². The number of anilines is 2. The first-order valence-electron chi connectivity index (χ1n) is 13.0. The van der Waals surface area contributed by atoms with Gasteiger partial charge in [0.2, 0.25) is 0 Å². The van der Waals surface area contributed by atoms with E-state index in [1.165, 1.54) is 24.8 Å². The maximum atomic E-state index is 12.5. The van der Waals surface area contributed by atoms with Crippen molar-refractivity contribution in [2.24, 2.45) is 0 Å². The summed E-state index contributed by atoms with van der Waals surface area (Å²) >= 11 is 0. The molecule has 0 bridgehead atoms. The average Bonchev–Trinajstić information content (AvgIpc) is 3.30. The Labute approximate surface area is 211 Å². The summed E-state index contributed by atoms with van der Waals surface area (Å²) in [5, 5.41) is 7.54. The maximum absolute atomic E-state index is 12.5. The molecule has 3 aromatic heterocycles. The summed E-state index contributed by atoms with van der Waals surface area (Å²) < 4.78 is 1.90. The van der Waals surface area contributed by atoms with E-state index in [2.05, 4.69) is 32.7 Å². The summed E-state index contributed by atoms with van der Waals surface area (Å²) in [5.74, 6) is 0. The topological polar surface area (TPSA) is 95.1 Å². The Kier molecular flexibility index (Phi) is 6.60. The van der Waals surface area contributed by atoms with E-state index in [9.17, 15) is 9.59 Å². The number of H-pyrrole nitrogens is 1. The Morgan fingerprint density at radius 1 is 1.14 bits per heavy atom. The van der Waals surface area contributed by atoms with Gasteiger partial charge in [-0.1, -0.05) is 25.3 Å². The second kappa shape index (κ2) is 9.84. The molecule has 36 heavy (non-hydrogen) atoms. The van der Waals surface area contributed by atoms with E-state index < -0.39 is 0 Å². The van der Waals surface area contributed by atoms with Crippen molar-refractivity contribution >= 4 is 34.0 Å². The number of aromatic amines is 1. The maximum Gasteiger partial charge on any atom is 0.318 e. The van der Waals surface area contributed by atoms with Gasteiger partial charge in [0.1, 0.15) is 5.65 Å². The number of nitrogens with one attached hydrogen (secondary N) is 3. The summed E-state index contributed by atoms with van der Waals surface area (Å²) in [7, 11) is 0. The highest BCUT2D eigenvalue weighted by Crippen LogP contribution is 2.31. The van der Waals surface area contributed by atoms with Gasteiger partial charge in [0.15, 0.2) is 0 Å². The summed E-state index contributed by atoms with van der Waals surface area (Å²) in [6.45, 7) is 7.22. The summed E-state index contributed by atoms with van der Waals surface area (Å²) in [5.41, 5.74) is 4.66. The highest BCUT2D eigenvalue weighted by molar-refractivity contribution is 5.94. The second-order valence-electron chi connectivity index (χ2n) is 11.0. The number of carbonyl (C=O) groups excluding carboxylic acids is 1. The van der Waals surface area contributed by atoms with Gasteiger partial charge < -0.3 is 25.1 Å². The molecule has 5 rings (SSSR count). The van der Waals surface area contributed by atoms with E-state index in [4.69, 9.17) is 0 Å². The van der Waals surface area contributed by atoms with Crippen molar-refractivity contribution < 1.29 is 4.79 Å². The number of hydrogen-bond acceptors (Lipinski definition) is 4. The van der Waals surface area contributed by atoms with E-state index >= 15 is 0 Å². The number of urea groups is 1. The molecule has 2 amide bonds. The Morgan fingerprint density at radius 2 is 1.94 bits per heavy atom. The van der Waals surface area contributed by atoms with Crippen LogP contribution in [-0.2, 0) is 0 Å². The lowest BCUT2D eigenvalue weighted by Crippen LogP contribution is -2.49. The van der Waals surface area contributed by atoms with E-state index in [0.717, 1.165) is 47.4 Å². The molecule has 190 valence electrons. The third-order valence-corrected chi connectivity index (χ3v) is 7.04. The van der Waals surface area contributed by atoms with Gasteiger partial charge >= 0.3 is 6.03 Å². The minimum absolute atomic E-state index is 0.0304. The van der Waals surface area contributed by atoms with Crippen LogP contribution in [0.2, 0.25) is 0 Å². The number of fused-ring (bicyclic) bond motifs is 1. The van der Waals surface area contributed by atoms with Crippen molar-refractivity contribution in [3.8, 4) is 0 Å². The highest BCUT2D eigenvalue weighted by Gasteiger charge is 2.23. The summed E-state index contributed by atoms with van der Waals surface area (Å²) in [4.78, 5) is 34.9. The van der Waals surface area contributed by atoms with Crippen LogP contribution in [0.3, 0.4) is 0 Å². The van der Waals surface area contributed by atoms with Crippen LogP contribution >= 0.6 is 0 Å². The van der Waals surface area contributed by atoms with Gasteiger partial charge in [-0.15, -0.1) is 0 Å². The molecule has 2 aliphatic rings. The Hall–Kier alpha value is -3.55. The zero-order valence-corrected chi connectivity index (χ0v) is 21.4. The monoisotopic (exact) mass is 488 g/mol. The molecule has 1 saturated carbocycles. The van der Waals surface area contributed by atoms with Crippen LogP contribution in [-0.4, -0.2) is 44.1 Å². The summed E-state index contributed by atoms with van der Waals surface area (Å²) in [6.07, 6.45) is 12.4. The fourth-order valence-electron chi connectivity index (χ4n) is 5.18. The fraction of sp³-hybridized carbons (Fsp3) is 0.464. The lowest BCUT2D eigenvalue weighted by atomic mass is 9.95. The Morgan fingerprint density at radius 3 is 2.67 bits per heavy atom. The minimum atomic E-state index is -0.253. The van der Waals surface area contributed by atoms with Crippen LogP contribution in [0.15, 0.2) is 47.5 Å². The normalized spacial score (nSPS) is 17.2. The largest absolute Gasteiger partial charge is 0.354 e. The van der Waals surface area contributed by atoms with Crippen molar-refractivity contribution in [2.45, 2.75) is 70.9 Å². The van der Waals surface area contributed by atoms with Gasteiger partial charge in [0, 0.05) is 54.2 Å². The van der Waals surface area contributed by atoms with E-state index in [0.29, 0.717) is 13.1 Å². The molecular weight excluding hydrogens is 452 g/mol. The van der Waals surface area contributed by atoms with Gasteiger partial charge in [-0.3, -0.25) is 4.79 Å². The molecule has 1 aliphatic carbocycles. The molecule has 0 aromatic carbocycles. The Bertz CT molecular complexity index is 1340. The number of rotatable bonds is 4. The molecule has 8 nitrogen and oxygen atoms in total. The van der Waals surface area contributed by atoms with Gasteiger partial charge in [-0.25, -0.2) is 9.78 Å². The predicted molar refractivity (Wildman–Crippen MR) is 145 cm³/mol. The van der Waals surface area contributed by atoms with Crippen molar-refractivity contribution in [3.63, 3.8) is 0 Å². The third kappa shape index (κ3) is 5.32. The van der Waals surface area contributed by atoms with Crippen LogP contribution < -0.4 is 16.2 Å². The standard InChI is InChI=1S/C28H36N6O2/c1-28(2,3)32-27(36)33-15-12-19(13-16-33)24-17-22-23(11-14-29-26(22)31-24)30-20-9-10-25(35)34(18-20)21-7-5-4-6-8-21/h9-12,14,17-18,21H,4-8,13,15-16H2,1-3H3,(H,32,36)(H2,29,30,31). The van der Waals surface area contributed by atoms with Crippen molar-refractivity contribution in [1.29, 1.82) is 0 Å². The zero-order chi connectivity index (χ0) is 25.3. The predicted octanol–water partition coefficient (Wildman–Crippen LogP) is 5.57. The van der Waals surface area contributed by atoms with Gasteiger partial charge in [0.25, 0.3) is 5.56 Å². The quantitative estimate of drug-likeness (QED) is 0.447. The van der Waals surface area contributed by atoms with Crippen molar-refractivity contribution in [3.05, 3.63) is 58.8 Å². The minimum Gasteiger partial charge on any atom is -0.354 e. The van der Waals surface area contributed by atoms with Crippen LogP contribution in [0.25, 0.3) is 16.6 Å². The first-order chi connectivity index (χ1) is 17.3. The number of hydrogen-bond donors (Lipinski definition) is 3. The molecule has 0 spiro atoms. The first-order valence-corrected chi connectivity index (χ1v) is 13.0. The second-order valence-corrected chi connectivity index (χ2v) is 11.0. The molecule has 1 fully saturated rings. The molecule has 3 N–H and O–H groups in total. The molecule has 1 aliphatic heterocycles. The number of pyridine rings is 2. The van der Waals surface area contributed by atoms with Crippen molar-refractivity contribution in [2.75, 3.05) is 18.4 Å². The van der Waals surface area contributed by atoms with Gasteiger partial charge in [-0.05, 0) is 63.8 Å². The Balaban J connectivity index is 1.35. The number of amides is 2. The molecular formula is C28H36N6O2. The number of carbonyl (C=O) groups is 1. The molecule has 0 radical (unpaired) electrons. The molecule has 3 aromatic rings. The molecule has 0 saturated heterocycles. The average molecular weight is 489 g/mol. The highest BCUT2D eigenvalue weighted by atomic mass is 16.2.